The number of nitriles is 1. The van der Waals surface area contributed by atoms with Crippen molar-refractivity contribution in [1.82, 2.24) is 0 Å². The van der Waals surface area contributed by atoms with Gasteiger partial charge < -0.3 is 18.6 Å². The number of rotatable bonds is 2. The molecule has 1 aromatic rings. The number of halogens is 1. The van der Waals surface area contributed by atoms with Crippen molar-refractivity contribution in [1.29, 1.82) is 5.26 Å². The first-order chi connectivity index (χ1) is 11.7. The first-order valence-corrected chi connectivity index (χ1v) is 8.78. The van der Waals surface area contributed by atoms with Crippen LogP contribution < -0.4 is 10.9 Å². The molecule has 2 aliphatic heterocycles. The van der Waals surface area contributed by atoms with E-state index in [0.29, 0.717) is 47.9 Å². The van der Waals surface area contributed by atoms with E-state index in [1.165, 1.54) is 0 Å². The quantitative estimate of drug-likeness (QED) is 0.751. The maximum absolute atomic E-state index is 9.56. The predicted octanol–water partition coefficient (Wildman–Crippen LogP) is 1.75. The van der Waals surface area contributed by atoms with Crippen LogP contribution in [0.25, 0.3) is 0 Å². The fraction of sp³-hybridized carbons (Fsp3) is 0.588. The topological polar surface area (TPSA) is 60.7 Å². The smallest absolute Gasteiger partial charge is 0.407 e. The molecule has 0 saturated carbocycles. The second-order valence-corrected chi connectivity index (χ2v) is 8.72. The zero-order valence-electron chi connectivity index (χ0n) is 15.1. The summed E-state index contributed by atoms with van der Waals surface area (Å²) in [7, 11) is -1.14. The lowest BCUT2D eigenvalue weighted by molar-refractivity contribution is 0.0340. The summed E-state index contributed by atoms with van der Waals surface area (Å²) < 4.78 is 23.2. The molecule has 0 radical (unpaired) electrons. The third kappa shape index (κ3) is 4.21. The van der Waals surface area contributed by atoms with Crippen LogP contribution in [0, 0.1) is 22.2 Å². The summed E-state index contributed by atoms with van der Waals surface area (Å²) in [5.41, 5.74) is 1.69. The van der Waals surface area contributed by atoms with E-state index in [-0.39, 0.29) is 10.8 Å². The fourth-order valence-corrected chi connectivity index (χ4v) is 3.08. The zero-order valence-corrected chi connectivity index (χ0v) is 15.9. The highest BCUT2D eigenvalue weighted by molar-refractivity contribution is 6.67. The lowest BCUT2D eigenvalue weighted by Gasteiger charge is -2.34. The van der Waals surface area contributed by atoms with E-state index < -0.39 is 14.2 Å². The number of benzene rings is 1. The molecule has 1 aromatic carbocycles. The normalized spacial score (nSPS) is 22.6. The van der Waals surface area contributed by atoms with Crippen LogP contribution in [0.4, 0.5) is 0 Å². The first kappa shape index (κ1) is 18.8. The van der Waals surface area contributed by atoms with E-state index in [1.54, 1.807) is 12.1 Å². The molecular formula is C17H22B2ClNO4. The Morgan fingerprint density at radius 3 is 1.76 bits per heavy atom. The fourth-order valence-electron chi connectivity index (χ4n) is 2.82. The van der Waals surface area contributed by atoms with Crippen molar-refractivity contribution in [3.63, 3.8) is 0 Å². The SMILES string of the molecule is CC1(C)COB(c2cc(C#N)c(B3OCC(C)(C)CO3)cc2Cl)OC1. The van der Waals surface area contributed by atoms with Gasteiger partial charge in [0, 0.05) is 53.2 Å². The Bertz CT molecular complexity index is 685. The maximum atomic E-state index is 9.56. The van der Waals surface area contributed by atoms with Crippen molar-refractivity contribution in [2.45, 2.75) is 27.7 Å². The second kappa shape index (κ2) is 6.94. The van der Waals surface area contributed by atoms with E-state index in [2.05, 4.69) is 33.8 Å². The van der Waals surface area contributed by atoms with Gasteiger partial charge in [-0.1, -0.05) is 39.3 Å². The Hall–Kier alpha value is -1.03. The molecule has 0 amide bonds. The number of hydrogen-bond donors (Lipinski definition) is 0. The van der Waals surface area contributed by atoms with E-state index in [9.17, 15) is 5.26 Å². The summed E-state index contributed by atoms with van der Waals surface area (Å²) in [4.78, 5) is 0. The van der Waals surface area contributed by atoms with Gasteiger partial charge in [0.1, 0.15) is 0 Å². The summed E-state index contributed by atoms with van der Waals surface area (Å²) in [6.45, 7) is 10.6. The van der Waals surface area contributed by atoms with Gasteiger partial charge in [0.25, 0.3) is 0 Å². The molecule has 2 heterocycles. The molecule has 0 atom stereocenters. The van der Waals surface area contributed by atoms with Crippen LogP contribution in [-0.4, -0.2) is 40.7 Å². The minimum atomic E-state index is -0.582. The van der Waals surface area contributed by atoms with Gasteiger partial charge in [0.05, 0.1) is 11.6 Å². The van der Waals surface area contributed by atoms with Crippen molar-refractivity contribution in [3.05, 3.63) is 22.7 Å². The summed E-state index contributed by atoms with van der Waals surface area (Å²) in [6.07, 6.45) is 0. The predicted molar refractivity (Wildman–Crippen MR) is 98.3 cm³/mol. The highest BCUT2D eigenvalue weighted by Crippen LogP contribution is 2.24. The lowest BCUT2D eigenvalue weighted by atomic mass is 9.69. The van der Waals surface area contributed by atoms with Gasteiger partial charge in [-0.25, -0.2) is 0 Å². The molecular weight excluding hydrogens is 339 g/mol. The van der Waals surface area contributed by atoms with Gasteiger partial charge in [0.15, 0.2) is 0 Å². The van der Waals surface area contributed by atoms with Crippen LogP contribution >= 0.6 is 11.6 Å². The number of hydrogen-bond acceptors (Lipinski definition) is 5. The maximum Gasteiger partial charge on any atom is 0.495 e. The molecule has 8 heteroatoms. The van der Waals surface area contributed by atoms with Crippen molar-refractivity contribution in [2.24, 2.45) is 10.8 Å². The van der Waals surface area contributed by atoms with Crippen LogP contribution in [0.2, 0.25) is 5.02 Å². The minimum absolute atomic E-state index is 0.0302. The highest BCUT2D eigenvalue weighted by Gasteiger charge is 2.38. The van der Waals surface area contributed by atoms with Gasteiger partial charge >= 0.3 is 14.2 Å². The van der Waals surface area contributed by atoms with Gasteiger partial charge in [-0.2, -0.15) is 5.26 Å². The van der Waals surface area contributed by atoms with Crippen LogP contribution in [0.5, 0.6) is 0 Å². The van der Waals surface area contributed by atoms with Crippen molar-refractivity contribution < 1.29 is 18.6 Å². The van der Waals surface area contributed by atoms with Crippen LogP contribution in [0.3, 0.4) is 0 Å². The average Bonchev–Trinajstić information content (AvgIpc) is 2.55. The van der Waals surface area contributed by atoms with E-state index in [1.807, 2.05) is 0 Å². The van der Waals surface area contributed by atoms with Gasteiger partial charge in [-0.15, -0.1) is 0 Å². The minimum Gasteiger partial charge on any atom is -0.407 e. The Morgan fingerprint density at radius 2 is 1.32 bits per heavy atom. The molecule has 25 heavy (non-hydrogen) atoms. The Morgan fingerprint density at radius 1 is 0.880 bits per heavy atom. The molecule has 0 N–H and O–H groups in total. The van der Waals surface area contributed by atoms with Crippen molar-refractivity contribution in [3.8, 4) is 6.07 Å². The molecule has 0 aromatic heterocycles. The van der Waals surface area contributed by atoms with Gasteiger partial charge in [-0.05, 0) is 12.1 Å². The molecule has 132 valence electrons. The zero-order chi connectivity index (χ0) is 18.2. The molecule has 0 spiro atoms. The summed E-state index contributed by atoms with van der Waals surface area (Å²) in [5.74, 6) is 0. The largest absolute Gasteiger partial charge is 0.495 e. The van der Waals surface area contributed by atoms with E-state index in [4.69, 9.17) is 30.2 Å². The molecule has 5 nitrogen and oxygen atoms in total. The molecule has 0 unspecified atom stereocenters. The summed E-state index contributed by atoms with van der Waals surface area (Å²) in [6, 6.07) is 5.65. The second-order valence-electron chi connectivity index (χ2n) is 8.31. The highest BCUT2D eigenvalue weighted by atomic mass is 35.5. The van der Waals surface area contributed by atoms with Crippen LogP contribution in [0.1, 0.15) is 33.3 Å². The Balaban J connectivity index is 1.84. The van der Waals surface area contributed by atoms with Crippen LogP contribution in [0.15, 0.2) is 12.1 Å². The first-order valence-electron chi connectivity index (χ1n) is 8.41. The van der Waals surface area contributed by atoms with Crippen molar-refractivity contribution >= 4 is 36.8 Å². The molecule has 3 rings (SSSR count). The van der Waals surface area contributed by atoms with E-state index in [0.717, 1.165) is 0 Å². The third-order valence-corrected chi connectivity index (χ3v) is 4.63. The molecule has 0 aliphatic carbocycles. The molecule has 2 saturated heterocycles. The Kier molecular flexibility index (Phi) is 5.21. The summed E-state index contributed by atoms with van der Waals surface area (Å²) in [5, 5.41) is 10.0. The lowest BCUT2D eigenvalue weighted by Crippen LogP contribution is -2.51. The molecule has 2 fully saturated rings. The van der Waals surface area contributed by atoms with Crippen molar-refractivity contribution in [2.75, 3.05) is 26.4 Å². The number of nitrogens with zero attached hydrogens (tertiary/aromatic N) is 1. The average molecular weight is 361 g/mol. The van der Waals surface area contributed by atoms with Gasteiger partial charge in [-0.3, -0.25) is 0 Å². The molecule has 2 aliphatic rings. The standard InChI is InChI=1S/C17H22B2ClNO4/c1-16(2)8-22-18(23-9-16)13-6-15(20)14(5-12(13)7-21)19-24-10-17(3,4)11-25-19/h5-6H,8-11H2,1-4H3. The van der Waals surface area contributed by atoms with Crippen LogP contribution in [-0.2, 0) is 18.6 Å². The Labute approximate surface area is 154 Å². The third-order valence-electron chi connectivity index (χ3n) is 4.30. The van der Waals surface area contributed by atoms with E-state index >= 15 is 0 Å². The monoisotopic (exact) mass is 361 g/mol. The van der Waals surface area contributed by atoms with Gasteiger partial charge in [0.2, 0.25) is 0 Å². The summed E-state index contributed by atoms with van der Waals surface area (Å²) >= 11 is 6.46. The molecule has 0 bridgehead atoms.